The minimum atomic E-state index is -0.378. The van der Waals surface area contributed by atoms with E-state index in [1.54, 1.807) is 36.3 Å². The minimum Gasteiger partial charge on any atom is -0.467 e. The van der Waals surface area contributed by atoms with Crippen LogP contribution in [0.3, 0.4) is 0 Å². The fourth-order valence-electron chi connectivity index (χ4n) is 3.06. The van der Waals surface area contributed by atoms with Crippen molar-refractivity contribution in [2.75, 3.05) is 11.4 Å². The Balaban J connectivity index is 1.46. The summed E-state index contributed by atoms with van der Waals surface area (Å²) in [6.07, 6.45) is 1.75. The Labute approximate surface area is 143 Å². The number of hydrogen-bond donors (Lipinski definition) is 1. The smallest absolute Gasteiger partial charge is 0.227 e. The number of nitrogens with one attached hydrogen (secondary N) is 1. The van der Waals surface area contributed by atoms with Crippen LogP contribution in [0.5, 0.6) is 0 Å². The summed E-state index contributed by atoms with van der Waals surface area (Å²) in [4.78, 5) is 30.6. The lowest BCUT2D eigenvalue weighted by Crippen LogP contribution is -2.32. The molecule has 1 aliphatic rings. The second kappa shape index (κ2) is 6.08. The summed E-state index contributed by atoms with van der Waals surface area (Å²) in [6.45, 7) is 2.45. The van der Waals surface area contributed by atoms with Crippen molar-refractivity contribution in [3.63, 3.8) is 0 Å². The van der Waals surface area contributed by atoms with Crippen molar-refractivity contribution < 1.29 is 18.4 Å². The fraction of sp³-hybridized carbons (Fsp3) is 0.278. The Hall–Kier alpha value is -3.09. The number of carbonyl (C=O) groups excluding carboxylic acids is 2. The first-order valence-corrected chi connectivity index (χ1v) is 8.08. The van der Waals surface area contributed by atoms with E-state index in [2.05, 4.69) is 10.3 Å². The van der Waals surface area contributed by atoms with E-state index < -0.39 is 0 Å². The van der Waals surface area contributed by atoms with Crippen LogP contribution in [-0.4, -0.2) is 23.3 Å². The topological polar surface area (TPSA) is 88.6 Å². The van der Waals surface area contributed by atoms with Crippen molar-refractivity contribution in [3.8, 4) is 0 Å². The molecule has 0 spiro atoms. The molecule has 0 aliphatic carbocycles. The van der Waals surface area contributed by atoms with Crippen molar-refractivity contribution in [3.05, 3.63) is 48.2 Å². The largest absolute Gasteiger partial charge is 0.467 e. The molecule has 1 saturated heterocycles. The lowest BCUT2D eigenvalue weighted by molar-refractivity contribution is -0.126. The van der Waals surface area contributed by atoms with Crippen molar-refractivity contribution in [1.29, 1.82) is 0 Å². The number of amides is 2. The third-order valence-electron chi connectivity index (χ3n) is 4.30. The molecule has 3 heterocycles. The van der Waals surface area contributed by atoms with Gasteiger partial charge in [0.05, 0.1) is 18.7 Å². The molecule has 1 N–H and O–H groups in total. The van der Waals surface area contributed by atoms with Crippen LogP contribution in [-0.2, 0) is 16.1 Å². The van der Waals surface area contributed by atoms with Gasteiger partial charge in [-0.25, -0.2) is 4.98 Å². The normalized spacial score (nSPS) is 17.4. The van der Waals surface area contributed by atoms with Gasteiger partial charge in [0.15, 0.2) is 11.5 Å². The number of fused-ring (bicyclic) bond motifs is 1. The molecule has 1 aromatic carbocycles. The number of aryl methyl sites for hydroxylation is 1. The molecule has 0 saturated carbocycles. The molecule has 0 bridgehead atoms. The fourth-order valence-corrected chi connectivity index (χ4v) is 3.06. The number of benzene rings is 1. The third-order valence-corrected chi connectivity index (χ3v) is 4.30. The zero-order chi connectivity index (χ0) is 17.4. The summed E-state index contributed by atoms with van der Waals surface area (Å²) in [6, 6.07) is 8.98. The van der Waals surface area contributed by atoms with Crippen LogP contribution >= 0.6 is 0 Å². The van der Waals surface area contributed by atoms with E-state index in [1.807, 2.05) is 12.1 Å². The molecule has 2 aromatic heterocycles. The Bertz CT molecular complexity index is 929. The number of anilines is 1. The van der Waals surface area contributed by atoms with Crippen molar-refractivity contribution in [1.82, 2.24) is 10.3 Å². The highest BCUT2D eigenvalue weighted by atomic mass is 16.3. The number of oxazole rings is 1. The van der Waals surface area contributed by atoms with Gasteiger partial charge in [-0.1, -0.05) is 0 Å². The van der Waals surface area contributed by atoms with E-state index >= 15 is 0 Å². The highest BCUT2D eigenvalue weighted by Gasteiger charge is 2.35. The summed E-state index contributed by atoms with van der Waals surface area (Å²) in [5.41, 5.74) is 2.11. The van der Waals surface area contributed by atoms with Gasteiger partial charge in [-0.15, -0.1) is 0 Å². The van der Waals surface area contributed by atoms with Crippen molar-refractivity contribution in [2.45, 2.75) is 19.9 Å². The van der Waals surface area contributed by atoms with E-state index in [0.29, 0.717) is 35.8 Å². The molecular weight excluding hydrogens is 322 g/mol. The van der Waals surface area contributed by atoms with E-state index in [9.17, 15) is 9.59 Å². The first kappa shape index (κ1) is 15.4. The van der Waals surface area contributed by atoms with Crippen LogP contribution in [0.1, 0.15) is 18.1 Å². The lowest BCUT2D eigenvalue weighted by atomic mass is 10.1. The molecule has 4 rings (SSSR count). The van der Waals surface area contributed by atoms with E-state index in [0.717, 1.165) is 5.69 Å². The molecular formula is C18H17N3O4. The molecule has 3 aromatic rings. The number of carbonyl (C=O) groups is 2. The second-order valence-corrected chi connectivity index (χ2v) is 6.09. The summed E-state index contributed by atoms with van der Waals surface area (Å²) < 4.78 is 10.6. The first-order chi connectivity index (χ1) is 12.1. The van der Waals surface area contributed by atoms with E-state index in [4.69, 9.17) is 8.83 Å². The molecule has 2 amide bonds. The van der Waals surface area contributed by atoms with Crippen LogP contribution in [0, 0.1) is 12.8 Å². The SMILES string of the molecule is Cc1nc2cc(N3CC(C(=O)NCc4ccco4)CC3=O)ccc2o1. The predicted octanol–water partition coefficient (Wildman–Crippen LogP) is 2.40. The summed E-state index contributed by atoms with van der Waals surface area (Å²) in [7, 11) is 0. The third kappa shape index (κ3) is 3.00. The maximum absolute atomic E-state index is 12.3. The van der Waals surface area contributed by atoms with Gasteiger partial charge in [-0.05, 0) is 30.3 Å². The van der Waals surface area contributed by atoms with Gasteiger partial charge in [0.25, 0.3) is 0 Å². The van der Waals surface area contributed by atoms with Gasteiger partial charge >= 0.3 is 0 Å². The summed E-state index contributed by atoms with van der Waals surface area (Å²) in [5, 5.41) is 2.81. The highest BCUT2D eigenvalue weighted by Crippen LogP contribution is 2.28. The zero-order valence-corrected chi connectivity index (χ0v) is 13.7. The molecule has 1 aliphatic heterocycles. The molecule has 1 atom stereocenters. The average Bonchev–Trinajstić information content (AvgIpc) is 3.30. The van der Waals surface area contributed by atoms with Crippen molar-refractivity contribution >= 4 is 28.6 Å². The highest BCUT2D eigenvalue weighted by molar-refractivity contribution is 6.01. The van der Waals surface area contributed by atoms with Gasteiger partial charge in [0.1, 0.15) is 11.3 Å². The van der Waals surface area contributed by atoms with Gasteiger partial charge in [-0.2, -0.15) is 0 Å². The molecule has 25 heavy (non-hydrogen) atoms. The van der Waals surface area contributed by atoms with Crippen LogP contribution in [0.25, 0.3) is 11.1 Å². The monoisotopic (exact) mass is 339 g/mol. The molecule has 7 nitrogen and oxygen atoms in total. The molecule has 7 heteroatoms. The van der Waals surface area contributed by atoms with E-state index in [-0.39, 0.29) is 24.2 Å². The van der Waals surface area contributed by atoms with Gasteiger partial charge in [-0.3, -0.25) is 9.59 Å². The van der Waals surface area contributed by atoms with Gasteiger partial charge in [0, 0.05) is 25.6 Å². The summed E-state index contributed by atoms with van der Waals surface area (Å²) in [5.74, 6) is 0.664. The van der Waals surface area contributed by atoms with Gasteiger partial charge < -0.3 is 19.1 Å². The molecule has 0 radical (unpaired) electrons. The molecule has 1 unspecified atom stereocenters. The predicted molar refractivity (Wildman–Crippen MR) is 89.8 cm³/mol. The number of furan rings is 1. The second-order valence-electron chi connectivity index (χ2n) is 6.09. The quantitative estimate of drug-likeness (QED) is 0.788. The number of rotatable bonds is 4. The number of nitrogens with zero attached hydrogens (tertiary/aromatic N) is 2. The van der Waals surface area contributed by atoms with Crippen molar-refractivity contribution in [2.24, 2.45) is 5.92 Å². The maximum Gasteiger partial charge on any atom is 0.227 e. The summed E-state index contributed by atoms with van der Waals surface area (Å²) >= 11 is 0. The Morgan fingerprint density at radius 1 is 1.40 bits per heavy atom. The Kier molecular flexibility index (Phi) is 3.76. The van der Waals surface area contributed by atoms with Crippen LogP contribution < -0.4 is 10.2 Å². The Morgan fingerprint density at radius 2 is 2.28 bits per heavy atom. The number of aromatic nitrogens is 1. The standard InChI is InChI=1S/C18H17N3O4/c1-11-20-15-8-13(4-5-16(15)25-11)21-10-12(7-17(21)22)18(23)19-9-14-3-2-6-24-14/h2-6,8,12H,7,9-10H2,1H3,(H,19,23). The first-order valence-electron chi connectivity index (χ1n) is 8.08. The zero-order valence-electron chi connectivity index (χ0n) is 13.7. The Morgan fingerprint density at radius 3 is 3.08 bits per heavy atom. The van der Waals surface area contributed by atoms with Gasteiger partial charge in [0.2, 0.25) is 11.8 Å². The average molecular weight is 339 g/mol. The lowest BCUT2D eigenvalue weighted by Gasteiger charge is -2.16. The van der Waals surface area contributed by atoms with Crippen LogP contribution in [0.4, 0.5) is 5.69 Å². The molecule has 128 valence electrons. The molecule has 1 fully saturated rings. The minimum absolute atomic E-state index is 0.0716. The van der Waals surface area contributed by atoms with E-state index in [1.165, 1.54) is 0 Å². The van der Waals surface area contributed by atoms with Crippen LogP contribution in [0.15, 0.2) is 45.4 Å². The number of hydrogen-bond acceptors (Lipinski definition) is 5. The van der Waals surface area contributed by atoms with Crippen LogP contribution in [0.2, 0.25) is 0 Å². The maximum atomic E-state index is 12.3.